The summed E-state index contributed by atoms with van der Waals surface area (Å²) >= 11 is 5.55. The van der Waals surface area contributed by atoms with Crippen LogP contribution in [-0.2, 0) is 6.42 Å². The van der Waals surface area contributed by atoms with Crippen LogP contribution < -0.4 is 5.32 Å². The maximum atomic E-state index is 3.79. The lowest BCUT2D eigenvalue weighted by Crippen LogP contribution is -2.27. The van der Waals surface area contributed by atoms with Gasteiger partial charge in [0.15, 0.2) is 0 Å². The molecule has 0 amide bonds. The summed E-state index contributed by atoms with van der Waals surface area (Å²) in [5, 5.41) is 6.02. The molecular formula is C16H18BrNS. The van der Waals surface area contributed by atoms with Crippen LogP contribution in [0.3, 0.4) is 0 Å². The van der Waals surface area contributed by atoms with Gasteiger partial charge in [-0.15, -0.1) is 11.3 Å². The Morgan fingerprint density at radius 3 is 3.00 bits per heavy atom. The number of halogens is 1. The molecule has 2 aromatic rings. The van der Waals surface area contributed by atoms with Gasteiger partial charge in [0.05, 0.1) is 0 Å². The number of rotatable bonds is 3. The zero-order valence-corrected chi connectivity index (χ0v) is 13.4. The lowest BCUT2D eigenvalue weighted by atomic mass is 9.93. The van der Waals surface area contributed by atoms with E-state index in [0.29, 0.717) is 12.1 Å². The van der Waals surface area contributed by atoms with Gasteiger partial charge in [-0.1, -0.05) is 34.1 Å². The molecule has 100 valence electrons. The Morgan fingerprint density at radius 1 is 1.32 bits per heavy atom. The molecule has 1 N–H and O–H groups in total. The van der Waals surface area contributed by atoms with Gasteiger partial charge >= 0.3 is 0 Å². The molecule has 0 aliphatic heterocycles. The van der Waals surface area contributed by atoms with Crippen LogP contribution in [0.2, 0.25) is 0 Å². The minimum Gasteiger partial charge on any atom is -0.303 e. The highest BCUT2D eigenvalue weighted by Crippen LogP contribution is 2.35. The molecule has 1 aromatic carbocycles. The highest BCUT2D eigenvalue weighted by atomic mass is 79.9. The van der Waals surface area contributed by atoms with Gasteiger partial charge in [0.25, 0.3) is 0 Å². The summed E-state index contributed by atoms with van der Waals surface area (Å²) in [6.07, 6.45) is 3.81. The second-order valence-corrected chi connectivity index (χ2v) is 7.01. The summed E-state index contributed by atoms with van der Waals surface area (Å²) in [6.45, 7) is 2.25. The molecule has 0 spiro atoms. The summed E-state index contributed by atoms with van der Waals surface area (Å²) in [4.78, 5) is 1.57. The first-order chi connectivity index (χ1) is 9.25. The van der Waals surface area contributed by atoms with Crippen molar-refractivity contribution in [3.8, 4) is 0 Å². The molecule has 1 aromatic heterocycles. The van der Waals surface area contributed by atoms with Gasteiger partial charge in [-0.3, -0.25) is 0 Å². The molecule has 1 heterocycles. The Morgan fingerprint density at radius 2 is 2.16 bits per heavy atom. The summed E-state index contributed by atoms with van der Waals surface area (Å²) in [6, 6.07) is 11.7. The second-order valence-electron chi connectivity index (χ2n) is 5.15. The fourth-order valence-electron chi connectivity index (χ4n) is 2.88. The third-order valence-corrected chi connectivity index (χ3v) is 5.59. The maximum absolute atomic E-state index is 3.79. The van der Waals surface area contributed by atoms with Gasteiger partial charge in [0, 0.05) is 21.4 Å². The van der Waals surface area contributed by atoms with E-state index in [2.05, 4.69) is 63.9 Å². The summed E-state index contributed by atoms with van der Waals surface area (Å²) in [5.41, 5.74) is 2.86. The van der Waals surface area contributed by atoms with Gasteiger partial charge in [-0.25, -0.2) is 0 Å². The Hall–Kier alpha value is -0.640. The number of thiophene rings is 1. The van der Waals surface area contributed by atoms with Gasteiger partial charge in [0.1, 0.15) is 0 Å². The van der Waals surface area contributed by atoms with Crippen molar-refractivity contribution in [2.75, 3.05) is 0 Å². The molecule has 19 heavy (non-hydrogen) atoms. The smallest absolute Gasteiger partial charge is 0.0336 e. The van der Waals surface area contributed by atoms with Crippen LogP contribution in [0, 0.1) is 0 Å². The van der Waals surface area contributed by atoms with Crippen molar-refractivity contribution in [1.29, 1.82) is 0 Å². The van der Waals surface area contributed by atoms with E-state index in [1.54, 1.807) is 4.88 Å². The minimum atomic E-state index is 0.367. The van der Waals surface area contributed by atoms with Crippen molar-refractivity contribution in [3.63, 3.8) is 0 Å². The molecule has 2 unspecified atom stereocenters. The van der Waals surface area contributed by atoms with Crippen molar-refractivity contribution >= 4 is 27.3 Å². The first-order valence-electron chi connectivity index (χ1n) is 6.82. The molecule has 0 radical (unpaired) electrons. The van der Waals surface area contributed by atoms with Crippen LogP contribution in [-0.4, -0.2) is 0 Å². The summed E-state index contributed by atoms with van der Waals surface area (Å²) in [7, 11) is 0. The fourth-order valence-corrected chi connectivity index (χ4v) is 4.49. The van der Waals surface area contributed by atoms with Gasteiger partial charge in [-0.2, -0.15) is 0 Å². The highest BCUT2D eigenvalue weighted by molar-refractivity contribution is 9.10. The predicted molar refractivity (Wildman–Crippen MR) is 85.7 cm³/mol. The molecule has 0 bridgehead atoms. The third-order valence-electron chi connectivity index (χ3n) is 3.87. The largest absolute Gasteiger partial charge is 0.303 e. The zero-order valence-electron chi connectivity index (χ0n) is 11.0. The molecule has 1 aliphatic rings. The molecule has 0 saturated heterocycles. The van der Waals surface area contributed by atoms with E-state index in [4.69, 9.17) is 0 Å². The Kier molecular flexibility index (Phi) is 4.06. The van der Waals surface area contributed by atoms with E-state index in [1.165, 1.54) is 34.9 Å². The number of hydrogen-bond acceptors (Lipinski definition) is 2. The van der Waals surface area contributed by atoms with Crippen LogP contribution in [0.25, 0.3) is 0 Å². The van der Waals surface area contributed by atoms with Crippen LogP contribution >= 0.6 is 27.3 Å². The first-order valence-corrected chi connectivity index (χ1v) is 8.49. The summed E-state index contributed by atoms with van der Waals surface area (Å²) < 4.78 is 1.19. The predicted octanol–water partition coefficient (Wildman–Crippen LogP) is 5.24. The third kappa shape index (κ3) is 2.78. The Balaban J connectivity index is 1.78. The quantitative estimate of drug-likeness (QED) is 0.808. The van der Waals surface area contributed by atoms with Crippen LogP contribution in [0.1, 0.15) is 47.9 Å². The number of aryl methyl sites for hydroxylation is 1. The standard InChI is InChI=1S/C16H18BrNS/c1-11(12-5-2-3-6-14(12)17)18-15-7-4-8-16-13(15)9-10-19-16/h2-3,5-6,9-11,15,18H,4,7-8H2,1H3. The average Bonchev–Trinajstić information content (AvgIpc) is 2.88. The van der Waals surface area contributed by atoms with Gasteiger partial charge in [0.2, 0.25) is 0 Å². The van der Waals surface area contributed by atoms with Crippen LogP contribution in [0.4, 0.5) is 0 Å². The van der Waals surface area contributed by atoms with Crippen molar-refractivity contribution in [3.05, 3.63) is 56.2 Å². The SMILES string of the molecule is CC(NC1CCCc2sccc21)c1ccccc1Br. The molecule has 1 nitrogen and oxygen atoms in total. The van der Waals surface area contributed by atoms with Crippen molar-refractivity contribution in [1.82, 2.24) is 5.32 Å². The monoisotopic (exact) mass is 335 g/mol. The lowest BCUT2D eigenvalue weighted by molar-refractivity contribution is 0.417. The second kappa shape index (κ2) is 5.78. The topological polar surface area (TPSA) is 12.0 Å². The number of fused-ring (bicyclic) bond motifs is 1. The Labute approximate surface area is 127 Å². The highest BCUT2D eigenvalue weighted by Gasteiger charge is 2.23. The van der Waals surface area contributed by atoms with Crippen LogP contribution in [0.5, 0.6) is 0 Å². The van der Waals surface area contributed by atoms with E-state index in [-0.39, 0.29) is 0 Å². The van der Waals surface area contributed by atoms with E-state index >= 15 is 0 Å². The number of benzene rings is 1. The zero-order chi connectivity index (χ0) is 13.2. The van der Waals surface area contributed by atoms with E-state index in [9.17, 15) is 0 Å². The molecule has 2 atom stereocenters. The van der Waals surface area contributed by atoms with Gasteiger partial charge < -0.3 is 5.32 Å². The molecular weight excluding hydrogens is 318 g/mol. The number of hydrogen-bond donors (Lipinski definition) is 1. The van der Waals surface area contributed by atoms with Crippen molar-refractivity contribution in [2.24, 2.45) is 0 Å². The minimum absolute atomic E-state index is 0.367. The lowest BCUT2D eigenvalue weighted by Gasteiger charge is -2.28. The van der Waals surface area contributed by atoms with Crippen molar-refractivity contribution in [2.45, 2.75) is 38.3 Å². The average molecular weight is 336 g/mol. The molecule has 0 fully saturated rings. The molecule has 0 saturated carbocycles. The van der Waals surface area contributed by atoms with E-state index in [0.717, 1.165) is 0 Å². The molecule has 1 aliphatic carbocycles. The summed E-state index contributed by atoms with van der Waals surface area (Å²) in [5.74, 6) is 0. The van der Waals surface area contributed by atoms with Gasteiger partial charge in [-0.05, 0) is 54.8 Å². The maximum Gasteiger partial charge on any atom is 0.0336 e. The fraction of sp³-hybridized carbons (Fsp3) is 0.375. The Bertz CT molecular complexity index is 563. The first kappa shape index (κ1) is 13.3. The van der Waals surface area contributed by atoms with Crippen molar-refractivity contribution < 1.29 is 0 Å². The normalized spacial score (nSPS) is 20.0. The number of nitrogens with one attached hydrogen (secondary N) is 1. The van der Waals surface area contributed by atoms with Crippen LogP contribution in [0.15, 0.2) is 40.2 Å². The van der Waals surface area contributed by atoms with E-state index in [1.807, 2.05) is 11.3 Å². The molecule has 3 rings (SSSR count). The van der Waals surface area contributed by atoms with E-state index < -0.39 is 0 Å². The molecule has 3 heteroatoms.